The van der Waals surface area contributed by atoms with Gasteiger partial charge in [0.1, 0.15) is 11.7 Å². The molecule has 0 unspecified atom stereocenters. The molecule has 0 radical (unpaired) electrons. The molecule has 1 heterocycles. The molecule has 1 aliphatic heterocycles. The topological polar surface area (TPSA) is 32.8 Å². The van der Waals surface area contributed by atoms with Gasteiger partial charge in [-0.1, -0.05) is 60.7 Å². The Morgan fingerprint density at radius 1 is 1.00 bits per heavy atom. The number of rotatable bonds is 3. The van der Waals surface area contributed by atoms with E-state index in [2.05, 4.69) is 0 Å². The molecule has 18 heavy (non-hydrogen) atoms. The first-order valence-corrected chi connectivity index (χ1v) is 6.21. The fourth-order valence-corrected chi connectivity index (χ4v) is 2.59. The predicted molar refractivity (Wildman–Crippen MR) is 70.1 cm³/mol. The van der Waals surface area contributed by atoms with Crippen LogP contribution in [-0.4, -0.2) is 11.2 Å². The van der Waals surface area contributed by atoms with Crippen LogP contribution in [0.1, 0.15) is 24.2 Å². The molecule has 1 fully saturated rings. The Hall–Kier alpha value is -1.64. The van der Waals surface area contributed by atoms with Crippen molar-refractivity contribution >= 4 is 0 Å². The summed E-state index contributed by atoms with van der Waals surface area (Å²) >= 11 is 0. The van der Waals surface area contributed by atoms with E-state index in [1.165, 1.54) is 0 Å². The van der Waals surface area contributed by atoms with E-state index >= 15 is 0 Å². The molecule has 1 aliphatic rings. The molecule has 0 aliphatic carbocycles. The molecule has 2 aromatic carbocycles. The maximum absolute atomic E-state index is 10.6. The van der Waals surface area contributed by atoms with Crippen molar-refractivity contribution in [1.82, 2.24) is 0 Å². The summed E-state index contributed by atoms with van der Waals surface area (Å²) in [4.78, 5) is 0. The summed E-state index contributed by atoms with van der Waals surface area (Å²) in [6, 6.07) is 19.6. The molecular formula is C16H16O2. The fourth-order valence-electron chi connectivity index (χ4n) is 2.59. The molecule has 0 saturated carbocycles. The average Bonchev–Trinajstić information content (AvgIpc) is 3.13. The SMILES string of the molecule is C[C@H]1O[C@]1(c1ccccc1)[C@H](O)c1ccccc1. The molecule has 0 aromatic heterocycles. The number of ether oxygens (including phenoxy) is 1. The second-order valence-corrected chi connectivity index (χ2v) is 4.73. The first-order chi connectivity index (χ1) is 8.75. The van der Waals surface area contributed by atoms with Gasteiger partial charge in [-0.2, -0.15) is 0 Å². The Morgan fingerprint density at radius 3 is 2.00 bits per heavy atom. The van der Waals surface area contributed by atoms with Gasteiger partial charge in [-0.05, 0) is 18.1 Å². The lowest BCUT2D eigenvalue weighted by atomic mass is 9.86. The van der Waals surface area contributed by atoms with E-state index in [4.69, 9.17) is 4.74 Å². The number of aliphatic hydroxyl groups excluding tert-OH is 1. The third-order valence-corrected chi connectivity index (χ3v) is 3.66. The standard InChI is InChI=1S/C16H16O2/c1-12-16(18-12,14-10-6-3-7-11-14)15(17)13-8-4-2-5-9-13/h2-12,15,17H,1H3/t12-,15-,16-/m1/s1. The molecule has 0 spiro atoms. The zero-order chi connectivity index (χ0) is 12.6. The van der Waals surface area contributed by atoms with E-state index < -0.39 is 11.7 Å². The minimum atomic E-state index is -0.629. The van der Waals surface area contributed by atoms with Crippen molar-refractivity contribution in [3.8, 4) is 0 Å². The number of hydrogen-bond donors (Lipinski definition) is 1. The largest absolute Gasteiger partial charge is 0.385 e. The second-order valence-electron chi connectivity index (χ2n) is 4.73. The normalized spacial score (nSPS) is 27.8. The highest BCUT2D eigenvalue weighted by molar-refractivity contribution is 5.35. The van der Waals surface area contributed by atoms with Crippen molar-refractivity contribution in [2.75, 3.05) is 0 Å². The van der Waals surface area contributed by atoms with Crippen LogP contribution in [-0.2, 0) is 10.3 Å². The zero-order valence-corrected chi connectivity index (χ0v) is 10.3. The number of aliphatic hydroxyl groups is 1. The minimum absolute atomic E-state index is 0.0371. The molecule has 2 nitrogen and oxygen atoms in total. The molecule has 0 amide bonds. The predicted octanol–water partition coefficient (Wildman–Crippen LogP) is 3.03. The van der Waals surface area contributed by atoms with Crippen LogP contribution < -0.4 is 0 Å². The van der Waals surface area contributed by atoms with E-state index in [9.17, 15) is 5.11 Å². The van der Waals surface area contributed by atoms with E-state index in [0.717, 1.165) is 11.1 Å². The van der Waals surface area contributed by atoms with Crippen molar-refractivity contribution < 1.29 is 9.84 Å². The highest BCUT2D eigenvalue weighted by Gasteiger charge is 2.60. The summed E-state index contributed by atoms with van der Waals surface area (Å²) in [7, 11) is 0. The van der Waals surface area contributed by atoms with Crippen LogP contribution in [0.15, 0.2) is 60.7 Å². The van der Waals surface area contributed by atoms with Gasteiger partial charge in [-0.3, -0.25) is 0 Å². The highest BCUT2D eigenvalue weighted by atomic mass is 16.6. The van der Waals surface area contributed by atoms with E-state index in [1.54, 1.807) is 0 Å². The number of hydrogen-bond acceptors (Lipinski definition) is 2. The van der Waals surface area contributed by atoms with Crippen molar-refractivity contribution in [3.63, 3.8) is 0 Å². The van der Waals surface area contributed by atoms with Crippen molar-refractivity contribution in [2.45, 2.75) is 24.7 Å². The summed E-state index contributed by atoms with van der Waals surface area (Å²) in [6.45, 7) is 2.00. The van der Waals surface area contributed by atoms with E-state index in [1.807, 2.05) is 67.6 Å². The summed E-state index contributed by atoms with van der Waals surface area (Å²) in [5.41, 5.74) is 1.35. The molecule has 3 atom stereocenters. The van der Waals surface area contributed by atoms with Gasteiger partial charge in [0.15, 0.2) is 0 Å². The van der Waals surface area contributed by atoms with Crippen molar-refractivity contribution in [3.05, 3.63) is 71.8 Å². The van der Waals surface area contributed by atoms with Gasteiger partial charge in [-0.25, -0.2) is 0 Å². The summed E-state index contributed by atoms with van der Waals surface area (Å²) in [5.74, 6) is 0. The Bertz CT molecular complexity index is 523. The molecule has 1 saturated heterocycles. The summed E-state index contributed by atoms with van der Waals surface area (Å²) in [5, 5.41) is 10.6. The number of benzene rings is 2. The summed E-state index contributed by atoms with van der Waals surface area (Å²) in [6.07, 6.45) is -0.591. The van der Waals surface area contributed by atoms with Crippen LogP contribution in [0.5, 0.6) is 0 Å². The van der Waals surface area contributed by atoms with Crippen LogP contribution in [0, 0.1) is 0 Å². The van der Waals surface area contributed by atoms with Gasteiger partial charge in [0.25, 0.3) is 0 Å². The fraction of sp³-hybridized carbons (Fsp3) is 0.250. The van der Waals surface area contributed by atoms with Crippen LogP contribution in [0.25, 0.3) is 0 Å². The average molecular weight is 240 g/mol. The lowest BCUT2D eigenvalue weighted by Crippen LogP contribution is -2.22. The lowest BCUT2D eigenvalue weighted by molar-refractivity contribution is 0.0730. The Morgan fingerprint density at radius 2 is 1.50 bits per heavy atom. The van der Waals surface area contributed by atoms with Crippen molar-refractivity contribution in [2.24, 2.45) is 0 Å². The minimum Gasteiger partial charge on any atom is -0.385 e. The maximum atomic E-state index is 10.6. The smallest absolute Gasteiger partial charge is 0.149 e. The summed E-state index contributed by atoms with van der Waals surface area (Å²) < 4.78 is 5.76. The first kappa shape index (κ1) is 11.5. The van der Waals surface area contributed by atoms with Crippen LogP contribution in [0.3, 0.4) is 0 Å². The molecule has 3 rings (SSSR count). The van der Waals surface area contributed by atoms with E-state index in [0.29, 0.717) is 0 Å². The van der Waals surface area contributed by atoms with Crippen LogP contribution in [0.2, 0.25) is 0 Å². The second kappa shape index (κ2) is 4.23. The third kappa shape index (κ3) is 1.65. The van der Waals surface area contributed by atoms with Crippen LogP contribution in [0.4, 0.5) is 0 Å². The molecular weight excluding hydrogens is 224 g/mol. The molecule has 2 aromatic rings. The van der Waals surface area contributed by atoms with E-state index in [-0.39, 0.29) is 6.10 Å². The first-order valence-electron chi connectivity index (χ1n) is 6.21. The molecule has 92 valence electrons. The van der Waals surface area contributed by atoms with Gasteiger partial charge in [0, 0.05) is 0 Å². The Kier molecular flexibility index (Phi) is 2.69. The Labute approximate surface area is 107 Å². The Balaban J connectivity index is 1.99. The maximum Gasteiger partial charge on any atom is 0.149 e. The highest BCUT2D eigenvalue weighted by Crippen LogP contribution is 2.54. The number of epoxide rings is 1. The monoisotopic (exact) mass is 240 g/mol. The van der Waals surface area contributed by atoms with Gasteiger partial charge in [0.2, 0.25) is 0 Å². The molecule has 1 N–H and O–H groups in total. The zero-order valence-electron chi connectivity index (χ0n) is 10.3. The van der Waals surface area contributed by atoms with Gasteiger partial charge >= 0.3 is 0 Å². The van der Waals surface area contributed by atoms with Crippen molar-refractivity contribution in [1.29, 1.82) is 0 Å². The third-order valence-electron chi connectivity index (χ3n) is 3.66. The lowest BCUT2D eigenvalue weighted by Gasteiger charge is -2.20. The molecule has 2 heteroatoms. The quantitative estimate of drug-likeness (QED) is 0.836. The van der Waals surface area contributed by atoms with Gasteiger partial charge in [0.05, 0.1) is 6.10 Å². The van der Waals surface area contributed by atoms with Gasteiger partial charge < -0.3 is 9.84 Å². The molecule has 0 bridgehead atoms. The van der Waals surface area contributed by atoms with Gasteiger partial charge in [-0.15, -0.1) is 0 Å². The van der Waals surface area contributed by atoms with Crippen LogP contribution >= 0.6 is 0 Å².